The van der Waals surface area contributed by atoms with Crippen molar-refractivity contribution in [3.8, 4) is 0 Å². The lowest BCUT2D eigenvalue weighted by Crippen LogP contribution is -2.45. The van der Waals surface area contributed by atoms with Crippen molar-refractivity contribution in [1.29, 1.82) is 0 Å². The summed E-state index contributed by atoms with van der Waals surface area (Å²) in [5.41, 5.74) is 2.71. The van der Waals surface area contributed by atoms with E-state index in [1.54, 1.807) is 0 Å². The fourth-order valence-electron chi connectivity index (χ4n) is 4.62. The van der Waals surface area contributed by atoms with Crippen LogP contribution in [-0.4, -0.2) is 41.2 Å². The third-order valence-electron chi connectivity index (χ3n) is 6.40. The van der Waals surface area contributed by atoms with E-state index in [1.165, 1.54) is 0 Å². The van der Waals surface area contributed by atoms with E-state index in [9.17, 15) is 14.7 Å². The summed E-state index contributed by atoms with van der Waals surface area (Å²) >= 11 is 0. The number of carbonyl (C=O) groups excluding carboxylic acids is 2. The number of aliphatic hydroxyl groups is 1. The van der Waals surface area contributed by atoms with Crippen molar-refractivity contribution in [3.05, 3.63) is 107 Å². The smallest absolute Gasteiger partial charge is 0.325 e. The van der Waals surface area contributed by atoms with Gasteiger partial charge < -0.3 is 15.2 Å². The number of aryl methyl sites for hydroxylation is 1. The Labute approximate surface area is 206 Å². The molecule has 3 aromatic carbocycles. The molecule has 182 valence electrons. The molecule has 1 aliphatic heterocycles. The van der Waals surface area contributed by atoms with Crippen LogP contribution in [0.15, 0.2) is 84.9 Å². The van der Waals surface area contributed by atoms with Gasteiger partial charge in [0.25, 0.3) is 5.91 Å². The Hall–Kier alpha value is -3.48. The molecule has 6 heteroatoms. The van der Waals surface area contributed by atoms with Crippen molar-refractivity contribution in [1.82, 2.24) is 10.2 Å². The highest BCUT2D eigenvalue weighted by Gasteiger charge is 2.51. The Morgan fingerprint density at radius 3 is 2.14 bits per heavy atom. The first-order valence-electron chi connectivity index (χ1n) is 12.1. The predicted octanol–water partition coefficient (Wildman–Crippen LogP) is 4.71. The number of nitrogens with one attached hydrogen (secondary N) is 1. The Kier molecular flexibility index (Phi) is 7.63. The summed E-state index contributed by atoms with van der Waals surface area (Å²) in [6.07, 6.45) is -0.211. The van der Waals surface area contributed by atoms with Gasteiger partial charge in [-0.25, -0.2) is 4.79 Å². The largest absolute Gasteiger partial charge is 0.389 e. The van der Waals surface area contributed by atoms with E-state index < -0.39 is 17.7 Å². The quantitative estimate of drug-likeness (QED) is 0.419. The van der Waals surface area contributed by atoms with Gasteiger partial charge in [0.15, 0.2) is 0 Å². The van der Waals surface area contributed by atoms with Gasteiger partial charge in [-0.15, -0.1) is 0 Å². The molecule has 35 heavy (non-hydrogen) atoms. The number of hydrogen-bond acceptors (Lipinski definition) is 4. The first-order valence-corrected chi connectivity index (χ1v) is 12.1. The third kappa shape index (κ3) is 5.29. The van der Waals surface area contributed by atoms with E-state index >= 15 is 0 Å². The summed E-state index contributed by atoms with van der Waals surface area (Å²) in [7, 11) is 0. The van der Waals surface area contributed by atoms with Crippen molar-refractivity contribution in [2.75, 3.05) is 13.2 Å². The number of ether oxygens (including phenoxy) is 1. The summed E-state index contributed by atoms with van der Waals surface area (Å²) in [6.45, 7) is 3.83. The average molecular weight is 473 g/mol. The molecule has 0 radical (unpaired) electrons. The number of rotatable bonds is 10. The molecule has 2 N–H and O–H groups in total. The van der Waals surface area contributed by atoms with Crippen LogP contribution >= 0.6 is 0 Å². The van der Waals surface area contributed by atoms with Crippen molar-refractivity contribution < 1.29 is 19.4 Å². The fraction of sp³-hybridized carbons (Fsp3) is 0.310. The van der Waals surface area contributed by atoms with Gasteiger partial charge in [0, 0.05) is 0 Å². The highest BCUT2D eigenvalue weighted by molar-refractivity contribution is 6.07. The molecule has 3 atom stereocenters. The number of benzene rings is 3. The molecule has 1 aliphatic rings. The maximum Gasteiger partial charge on any atom is 0.325 e. The van der Waals surface area contributed by atoms with E-state index in [-0.39, 0.29) is 25.2 Å². The second kappa shape index (κ2) is 10.8. The third-order valence-corrected chi connectivity index (χ3v) is 6.40. The van der Waals surface area contributed by atoms with E-state index in [0.717, 1.165) is 33.6 Å². The summed E-state index contributed by atoms with van der Waals surface area (Å²) in [6, 6.07) is 26.6. The second-order valence-electron chi connectivity index (χ2n) is 9.06. The fourth-order valence-corrected chi connectivity index (χ4v) is 4.62. The van der Waals surface area contributed by atoms with Gasteiger partial charge in [-0.2, -0.15) is 0 Å². The Morgan fingerprint density at radius 1 is 0.914 bits per heavy atom. The molecule has 3 aromatic rings. The van der Waals surface area contributed by atoms with Crippen molar-refractivity contribution in [2.45, 2.75) is 44.4 Å². The average Bonchev–Trinajstić information content (AvgIpc) is 3.11. The standard InChI is InChI=1S/C29H32N2O4/c1-3-18-29(24-12-8-5-9-13-24)27(33)31(28(34)30-29)19-25(32)20-35-26(22-10-6-4-7-11-22)23-16-14-21(2)15-17-23/h4-17,25-26,32H,3,18-20H2,1-2H3,(H,30,34)/t25-,26-,29-/m1/s1. The molecule has 4 rings (SSSR count). The molecular formula is C29H32N2O4. The van der Waals surface area contributed by atoms with Gasteiger partial charge >= 0.3 is 6.03 Å². The number of β-amino-alcohol motifs (C(OH)–C–C–N with tert-alkyl or cyclic N) is 1. The van der Waals surface area contributed by atoms with Crippen molar-refractivity contribution in [3.63, 3.8) is 0 Å². The normalized spacial score (nSPS) is 19.5. The van der Waals surface area contributed by atoms with Crippen LogP contribution in [0.3, 0.4) is 0 Å². The van der Waals surface area contributed by atoms with Gasteiger partial charge in [0.2, 0.25) is 0 Å². The molecule has 0 aliphatic carbocycles. The maximum absolute atomic E-state index is 13.5. The first-order chi connectivity index (χ1) is 16.9. The van der Waals surface area contributed by atoms with Crippen LogP contribution < -0.4 is 5.32 Å². The molecule has 0 saturated carbocycles. The molecule has 0 aromatic heterocycles. The molecule has 0 unspecified atom stereocenters. The number of hydrogen-bond donors (Lipinski definition) is 2. The molecule has 0 spiro atoms. The Bertz CT molecular complexity index is 1130. The van der Waals surface area contributed by atoms with Crippen LogP contribution in [0.1, 0.15) is 48.1 Å². The minimum Gasteiger partial charge on any atom is -0.389 e. The first kappa shape index (κ1) is 24.6. The summed E-state index contributed by atoms with van der Waals surface area (Å²) in [5.74, 6) is -0.340. The van der Waals surface area contributed by atoms with E-state index in [0.29, 0.717) is 6.42 Å². The minimum atomic E-state index is -1.11. The molecule has 1 saturated heterocycles. The monoisotopic (exact) mass is 472 g/mol. The van der Waals surface area contributed by atoms with Gasteiger partial charge in [0.05, 0.1) is 19.3 Å². The highest BCUT2D eigenvalue weighted by atomic mass is 16.5. The van der Waals surface area contributed by atoms with Crippen LogP contribution in [0.4, 0.5) is 4.79 Å². The van der Waals surface area contributed by atoms with Crippen LogP contribution in [0.25, 0.3) is 0 Å². The molecule has 6 nitrogen and oxygen atoms in total. The zero-order valence-electron chi connectivity index (χ0n) is 20.2. The second-order valence-corrected chi connectivity index (χ2v) is 9.06. The summed E-state index contributed by atoms with van der Waals surface area (Å²) in [4.78, 5) is 27.4. The molecule has 1 fully saturated rings. The van der Waals surface area contributed by atoms with E-state index in [1.807, 2.05) is 98.8 Å². The minimum absolute atomic E-state index is 0.0311. The van der Waals surface area contributed by atoms with Crippen LogP contribution in [0.5, 0.6) is 0 Å². The van der Waals surface area contributed by atoms with Crippen molar-refractivity contribution >= 4 is 11.9 Å². The number of urea groups is 1. The summed E-state index contributed by atoms with van der Waals surface area (Å²) < 4.78 is 6.16. The summed E-state index contributed by atoms with van der Waals surface area (Å²) in [5, 5.41) is 13.7. The van der Waals surface area contributed by atoms with E-state index in [4.69, 9.17) is 4.74 Å². The topological polar surface area (TPSA) is 78.9 Å². The lowest BCUT2D eigenvalue weighted by Gasteiger charge is -2.27. The zero-order valence-corrected chi connectivity index (χ0v) is 20.2. The number of nitrogens with zero attached hydrogens (tertiary/aromatic N) is 1. The number of aliphatic hydroxyl groups excluding tert-OH is 1. The van der Waals surface area contributed by atoms with Gasteiger partial charge in [-0.3, -0.25) is 9.69 Å². The molecule has 1 heterocycles. The van der Waals surface area contributed by atoms with E-state index in [2.05, 4.69) is 5.32 Å². The lowest BCUT2D eigenvalue weighted by atomic mass is 9.85. The molecule has 0 bridgehead atoms. The van der Waals surface area contributed by atoms with Crippen molar-refractivity contribution in [2.24, 2.45) is 0 Å². The van der Waals surface area contributed by atoms with Gasteiger partial charge in [-0.05, 0) is 30.0 Å². The Morgan fingerprint density at radius 2 is 1.51 bits per heavy atom. The van der Waals surface area contributed by atoms with Crippen LogP contribution in [-0.2, 0) is 15.1 Å². The number of amides is 3. The number of carbonyl (C=O) groups is 2. The predicted molar refractivity (Wildman–Crippen MR) is 135 cm³/mol. The highest BCUT2D eigenvalue weighted by Crippen LogP contribution is 2.34. The maximum atomic E-state index is 13.5. The molecule has 3 amide bonds. The lowest BCUT2D eigenvalue weighted by molar-refractivity contribution is -0.133. The SMILES string of the molecule is CCC[C@]1(c2ccccc2)NC(=O)N(C[C@@H](O)CO[C@H](c2ccccc2)c2ccc(C)cc2)C1=O. The number of imide groups is 1. The zero-order chi connectivity index (χ0) is 24.8. The Balaban J connectivity index is 1.48. The molecular weight excluding hydrogens is 440 g/mol. The van der Waals surface area contributed by atoms with Crippen LogP contribution in [0, 0.1) is 6.92 Å². The van der Waals surface area contributed by atoms with Crippen LogP contribution in [0.2, 0.25) is 0 Å². The van der Waals surface area contributed by atoms with Gasteiger partial charge in [0.1, 0.15) is 11.6 Å². The van der Waals surface area contributed by atoms with Gasteiger partial charge in [-0.1, -0.05) is 104 Å².